The number of aromatic amines is 1. The van der Waals surface area contributed by atoms with Gasteiger partial charge in [-0.3, -0.25) is 4.98 Å². The zero-order chi connectivity index (χ0) is 15.0. The van der Waals surface area contributed by atoms with Crippen LogP contribution in [-0.2, 0) is 6.18 Å². The predicted octanol–water partition coefficient (Wildman–Crippen LogP) is 3.92. The summed E-state index contributed by atoms with van der Waals surface area (Å²) in [5.74, 6) is 0. The maximum atomic E-state index is 12.5. The van der Waals surface area contributed by atoms with E-state index in [4.69, 9.17) is 0 Å². The zero-order valence-electron chi connectivity index (χ0n) is 10.8. The highest BCUT2D eigenvalue weighted by atomic mass is 32.1. The Morgan fingerprint density at radius 1 is 1.05 bits per heavy atom. The monoisotopic (exact) mass is 310 g/mol. The lowest BCUT2D eigenvalue weighted by atomic mass is 10.2. The van der Waals surface area contributed by atoms with Gasteiger partial charge in [-0.1, -0.05) is 0 Å². The van der Waals surface area contributed by atoms with Crippen LogP contribution in [0.2, 0.25) is 0 Å². The molecular formula is C13H9F3N4S. The van der Waals surface area contributed by atoms with Crippen LogP contribution in [0.4, 0.5) is 13.2 Å². The number of H-pyrrole nitrogens is 1. The van der Waals surface area contributed by atoms with E-state index in [1.54, 1.807) is 0 Å². The summed E-state index contributed by atoms with van der Waals surface area (Å²) >= 11 is 1.43. The molecule has 0 aromatic carbocycles. The molecule has 21 heavy (non-hydrogen) atoms. The minimum absolute atomic E-state index is 0.639. The SMILES string of the molecule is Cc1n[nH]nc1-c1ccc(-c2ccc(C(F)(F)F)nc2)s1. The van der Waals surface area contributed by atoms with E-state index in [1.165, 1.54) is 23.6 Å². The number of hydrogen-bond acceptors (Lipinski definition) is 4. The molecule has 0 aliphatic carbocycles. The van der Waals surface area contributed by atoms with E-state index in [9.17, 15) is 13.2 Å². The first kappa shape index (κ1) is 13.7. The highest BCUT2D eigenvalue weighted by Crippen LogP contribution is 2.35. The fourth-order valence-electron chi connectivity index (χ4n) is 1.84. The Morgan fingerprint density at radius 3 is 2.38 bits per heavy atom. The Labute approximate surface area is 121 Å². The van der Waals surface area contributed by atoms with Crippen LogP contribution in [0, 0.1) is 6.92 Å². The van der Waals surface area contributed by atoms with Crippen molar-refractivity contribution in [3.8, 4) is 21.0 Å². The van der Waals surface area contributed by atoms with Crippen molar-refractivity contribution in [2.24, 2.45) is 0 Å². The van der Waals surface area contributed by atoms with E-state index >= 15 is 0 Å². The molecule has 0 aliphatic rings. The van der Waals surface area contributed by atoms with Gasteiger partial charge in [-0.15, -0.1) is 11.3 Å². The molecule has 0 amide bonds. The average Bonchev–Trinajstić information content (AvgIpc) is 3.06. The molecule has 3 rings (SSSR count). The van der Waals surface area contributed by atoms with E-state index in [-0.39, 0.29) is 0 Å². The van der Waals surface area contributed by atoms with Gasteiger partial charge < -0.3 is 0 Å². The summed E-state index contributed by atoms with van der Waals surface area (Å²) in [6.45, 7) is 1.83. The van der Waals surface area contributed by atoms with E-state index in [2.05, 4.69) is 20.4 Å². The molecule has 3 aromatic heterocycles. The average molecular weight is 310 g/mol. The molecular weight excluding hydrogens is 301 g/mol. The number of halogens is 3. The highest BCUT2D eigenvalue weighted by molar-refractivity contribution is 7.18. The summed E-state index contributed by atoms with van der Waals surface area (Å²) in [6, 6.07) is 6.10. The third-order valence-electron chi connectivity index (χ3n) is 2.90. The van der Waals surface area contributed by atoms with E-state index in [0.29, 0.717) is 5.56 Å². The summed E-state index contributed by atoms with van der Waals surface area (Å²) in [6.07, 6.45) is -3.19. The molecule has 0 unspecified atom stereocenters. The summed E-state index contributed by atoms with van der Waals surface area (Å²) in [4.78, 5) is 5.19. The molecule has 0 fully saturated rings. The van der Waals surface area contributed by atoms with Crippen molar-refractivity contribution in [3.63, 3.8) is 0 Å². The molecule has 4 nitrogen and oxygen atoms in total. The normalized spacial score (nSPS) is 11.8. The molecule has 0 atom stereocenters. The van der Waals surface area contributed by atoms with Crippen LogP contribution in [0.25, 0.3) is 21.0 Å². The number of aryl methyl sites for hydroxylation is 1. The quantitative estimate of drug-likeness (QED) is 0.780. The van der Waals surface area contributed by atoms with Gasteiger partial charge in [0.2, 0.25) is 0 Å². The maximum Gasteiger partial charge on any atom is 0.433 e. The zero-order valence-corrected chi connectivity index (χ0v) is 11.6. The topological polar surface area (TPSA) is 54.5 Å². The lowest BCUT2D eigenvalue weighted by Gasteiger charge is -2.05. The van der Waals surface area contributed by atoms with Crippen molar-refractivity contribution < 1.29 is 13.2 Å². The van der Waals surface area contributed by atoms with Gasteiger partial charge in [0.15, 0.2) is 0 Å². The van der Waals surface area contributed by atoms with Crippen molar-refractivity contribution in [3.05, 3.63) is 41.9 Å². The minimum Gasteiger partial charge on any atom is -0.251 e. The molecule has 0 radical (unpaired) electrons. The third kappa shape index (κ3) is 2.66. The minimum atomic E-state index is -4.42. The molecule has 3 heterocycles. The molecule has 3 aromatic rings. The fraction of sp³-hybridized carbons (Fsp3) is 0.154. The lowest BCUT2D eigenvalue weighted by Crippen LogP contribution is -2.07. The second-order valence-corrected chi connectivity index (χ2v) is 5.44. The summed E-state index contributed by atoms with van der Waals surface area (Å²) < 4.78 is 37.4. The van der Waals surface area contributed by atoms with Crippen LogP contribution < -0.4 is 0 Å². The number of nitrogens with one attached hydrogen (secondary N) is 1. The van der Waals surface area contributed by atoms with Crippen molar-refractivity contribution in [2.45, 2.75) is 13.1 Å². The van der Waals surface area contributed by atoms with Crippen LogP contribution in [0.3, 0.4) is 0 Å². The Bertz CT molecular complexity index is 758. The molecule has 8 heteroatoms. The summed E-state index contributed by atoms with van der Waals surface area (Å²) in [5.41, 5.74) is 1.26. The largest absolute Gasteiger partial charge is 0.433 e. The van der Waals surface area contributed by atoms with E-state index < -0.39 is 11.9 Å². The molecule has 0 saturated carbocycles. The van der Waals surface area contributed by atoms with Gasteiger partial charge >= 0.3 is 6.18 Å². The third-order valence-corrected chi connectivity index (χ3v) is 4.04. The van der Waals surface area contributed by atoms with Crippen LogP contribution in [0.1, 0.15) is 11.4 Å². The van der Waals surface area contributed by atoms with Gasteiger partial charge in [0.25, 0.3) is 0 Å². The number of aromatic nitrogens is 4. The highest BCUT2D eigenvalue weighted by Gasteiger charge is 2.32. The molecule has 108 valence electrons. The van der Waals surface area contributed by atoms with Crippen LogP contribution in [0.15, 0.2) is 30.5 Å². The van der Waals surface area contributed by atoms with Crippen molar-refractivity contribution >= 4 is 11.3 Å². The first-order chi connectivity index (χ1) is 9.95. The number of rotatable bonds is 2. The van der Waals surface area contributed by atoms with Gasteiger partial charge in [-0.25, -0.2) is 0 Å². The second kappa shape index (κ2) is 4.96. The first-order valence-corrected chi connectivity index (χ1v) is 6.78. The Hall–Kier alpha value is -2.22. The van der Waals surface area contributed by atoms with Crippen molar-refractivity contribution in [1.29, 1.82) is 0 Å². The van der Waals surface area contributed by atoms with Crippen LogP contribution >= 0.6 is 11.3 Å². The van der Waals surface area contributed by atoms with E-state index in [0.717, 1.165) is 27.2 Å². The van der Waals surface area contributed by atoms with Gasteiger partial charge in [0, 0.05) is 16.6 Å². The standard InChI is InChI=1S/C13H9F3N4S/c1-7-12(19-20-18-7)10-4-3-9(21-10)8-2-5-11(17-6-8)13(14,15)16/h2-6H,1H3,(H,18,19,20). The number of nitrogens with zero attached hydrogens (tertiary/aromatic N) is 3. The summed E-state index contributed by atoms with van der Waals surface area (Å²) in [7, 11) is 0. The molecule has 0 aliphatic heterocycles. The Morgan fingerprint density at radius 2 is 1.81 bits per heavy atom. The Balaban J connectivity index is 1.92. The van der Waals surface area contributed by atoms with Gasteiger partial charge in [-0.05, 0) is 31.2 Å². The van der Waals surface area contributed by atoms with Gasteiger partial charge in [0.1, 0.15) is 11.4 Å². The smallest absolute Gasteiger partial charge is 0.251 e. The van der Waals surface area contributed by atoms with Gasteiger partial charge in [0.05, 0.1) is 10.6 Å². The number of alkyl halides is 3. The van der Waals surface area contributed by atoms with Crippen LogP contribution in [0.5, 0.6) is 0 Å². The van der Waals surface area contributed by atoms with Crippen molar-refractivity contribution in [1.82, 2.24) is 20.4 Å². The predicted molar refractivity (Wildman–Crippen MR) is 72.7 cm³/mol. The lowest BCUT2D eigenvalue weighted by molar-refractivity contribution is -0.141. The second-order valence-electron chi connectivity index (χ2n) is 4.35. The first-order valence-electron chi connectivity index (χ1n) is 5.96. The summed E-state index contributed by atoms with van der Waals surface area (Å²) in [5, 5.41) is 10.5. The fourth-order valence-corrected chi connectivity index (χ4v) is 2.88. The number of thiophene rings is 1. The van der Waals surface area contributed by atoms with Crippen molar-refractivity contribution in [2.75, 3.05) is 0 Å². The van der Waals surface area contributed by atoms with Crippen LogP contribution in [-0.4, -0.2) is 20.4 Å². The molecule has 0 spiro atoms. The van der Waals surface area contributed by atoms with Gasteiger partial charge in [-0.2, -0.15) is 28.6 Å². The Kier molecular flexibility index (Phi) is 3.25. The number of pyridine rings is 1. The van der Waals surface area contributed by atoms with E-state index in [1.807, 2.05) is 19.1 Å². The molecule has 0 saturated heterocycles. The number of hydrogen-bond donors (Lipinski definition) is 1. The molecule has 0 bridgehead atoms. The molecule has 1 N–H and O–H groups in total. The maximum absolute atomic E-state index is 12.5.